The molecule has 1 saturated heterocycles. The molecule has 218 valence electrons. The van der Waals surface area contributed by atoms with Gasteiger partial charge in [-0.15, -0.1) is 0 Å². The molecular weight excluding hydrogens is 579 g/mol. The molecule has 0 spiro atoms. The lowest BCUT2D eigenvalue weighted by Crippen LogP contribution is -2.50. The van der Waals surface area contributed by atoms with Gasteiger partial charge in [0, 0.05) is 50.7 Å². The van der Waals surface area contributed by atoms with E-state index in [9.17, 15) is 27.6 Å². The van der Waals surface area contributed by atoms with Crippen LogP contribution in [0.5, 0.6) is 11.6 Å². The molecule has 1 aliphatic heterocycles. The van der Waals surface area contributed by atoms with Crippen molar-refractivity contribution in [2.24, 2.45) is 7.05 Å². The largest absolute Gasteiger partial charge is 0.465 e. The molecule has 0 bridgehead atoms. The number of benzene rings is 2. The van der Waals surface area contributed by atoms with E-state index < -0.39 is 23.7 Å². The summed E-state index contributed by atoms with van der Waals surface area (Å²) in [6.07, 6.45) is -4.26. The number of amides is 3. The van der Waals surface area contributed by atoms with Gasteiger partial charge in [-0.1, -0.05) is 11.6 Å². The third-order valence-corrected chi connectivity index (χ3v) is 7.14. The van der Waals surface area contributed by atoms with Gasteiger partial charge in [0.25, 0.3) is 11.8 Å². The Bertz CT molecular complexity index is 1680. The molecule has 2 aromatic heterocycles. The van der Waals surface area contributed by atoms with Gasteiger partial charge in [-0.25, -0.2) is 9.78 Å². The Hall–Kier alpha value is -4.78. The quantitative estimate of drug-likeness (QED) is 0.302. The highest BCUT2D eigenvalue weighted by Crippen LogP contribution is 2.32. The fourth-order valence-electron chi connectivity index (χ4n) is 4.55. The second-order valence-electron chi connectivity index (χ2n) is 9.50. The van der Waals surface area contributed by atoms with Crippen LogP contribution < -0.4 is 10.1 Å². The number of nitrogens with one attached hydrogen (secondary N) is 1. The first-order chi connectivity index (χ1) is 19.9. The van der Waals surface area contributed by atoms with Gasteiger partial charge < -0.3 is 29.5 Å². The number of carboxylic acid groups (broad SMARTS) is 1. The summed E-state index contributed by atoms with van der Waals surface area (Å²) in [5.41, 5.74) is 0.379. The molecule has 0 unspecified atom stereocenters. The zero-order valence-electron chi connectivity index (χ0n) is 22.0. The van der Waals surface area contributed by atoms with E-state index in [1.54, 1.807) is 40.8 Å². The van der Waals surface area contributed by atoms with Crippen LogP contribution in [0.2, 0.25) is 5.02 Å². The number of aromatic nitrogens is 2. The van der Waals surface area contributed by atoms with E-state index in [0.717, 1.165) is 23.0 Å². The number of alkyl halides is 3. The molecule has 14 heteroatoms. The normalized spacial score (nSPS) is 13.7. The molecule has 0 atom stereocenters. The molecule has 3 amide bonds. The molecule has 2 aromatic carbocycles. The highest BCUT2D eigenvalue weighted by molar-refractivity contribution is 6.34. The Morgan fingerprint density at radius 3 is 2.31 bits per heavy atom. The molecule has 1 aliphatic rings. The van der Waals surface area contributed by atoms with Crippen molar-refractivity contribution in [1.29, 1.82) is 0 Å². The number of pyridine rings is 1. The average molecular weight is 602 g/mol. The molecule has 1 fully saturated rings. The number of halogens is 4. The molecule has 4 aromatic rings. The molecular formula is C28H23ClF3N5O5. The molecule has 2 N–H and O–H groups in total. The maximum atomic E-state index is 13.1. The Balaban J connectivity index is 1.25. The van der Waals surface area contributed by atoms with Crippen LogP contribution in [0, 0.1) is 0 Å². The number of ether oxygens (including phenoxy) is 1. The molecule has 42 heavy (non-hydrogen) atoms. The van der Waals surface area contributed by atoms with Crippen LogP contribution in [0.25, 0.3) is 10.9 Å². The van der Waals surface area contributed by atoms with Crippen LogP contribution in [-0.2, 0) is 13.2 Å². The summed E-state index contributed by atoms with van der Waals surface area (Å²) in [6.45, 7) is 1.11. The molecule has 10 nitrogen and oxygen atoms in total. The van der Waals surface area contributed by atoms with Crippen LogP contribution in [0.4, 0.5) is 23.7 Å². The van der Waals surface area contributed by atoms with E-state index in [-0.39, 0.29) is 41.2 Å². The smallest absolute Gasteiger partial charge is 0.416 e. The molecule has 0 aliphatic carbocycles. The van der Waals surface area contributed by atoms with E-state index in [1.165, 1.54) is 23.2 Å². The van der Waals surface area contributed by atoms with Crippen LogP contribution in [0.1, 0.15) is 26.4 Å². The summed E-state index contributed by atoms with van der Waals surface area (Å²) in [6, 6.07) is 12.5. The van der Waals surface area contributed by atoms with Gasteiger partial charge >= 0.3 is 12.3 Å². The number of carbonyl (C=O) groups excluding carboxylic acids is 2. The van der Waals surface area contributed by atoms with Gasteiger partial charge in [0.15, 0.2) is 0 Å². The second-order valence-corrected chi connectivity index (χ2v) is 9.91. The number of carbonyl (C=O) groups is 3. The fourth-order valence-corrected chi connectivity index (χ4v) is 4.82. The summed E-state index contributed by atoms with van der Waals surface area (Å²) in [5, 5.41) is 12.1. The zero-order chi connectivity index (χ0) is 30.2. The summed E-state index contributed by atoms with van der Waals surface area (Å²) in [4.78, 5) is 43.9. The predicted molar refractivity (Wildman–Crippen MR) is 147 cm³/mol. The number of anilines is 1. The van der Waals surface area contributed by atoms with E-state index in [2.05, 4.69) is 10.3 Å². The Labute approximate surface area is 241 Å². The first-order valence-corrected chi connectivity index (χ1v) is 13.0. The minimum Gasteiger partial charge on any atom is -0.465 e. The third-order valence-electron chi connectivity index (χ3n) is 6.83. The Morgan fingerprint density at radius 2 is 1.69 bits per heavy atom. The van der Waals surface area contributed by atoms with Crippen LogP contribution in [0.3, 0.4) is 0 Å². The lowest BCUT2D eigenvalue weighted by atomic mass is 10.1. The number of rotatable bonds is 5. The summed E-state index contributed by atoms with van der Waals surface area (Å²) in [7, 11) is 1.76. The number of hydrogen-bond acceptors (Lipinski definition) is 5. The standard InChI is InChI=1S/C28H23ClF3N5O5/c1-35-22-14-19(5-2-16(22)12-23(35)26(39)36-8-10-37(11-9-36)27(40)41)42-24-7-4-18(15-33-24)34-25(38)20-6-3-17(13-21(20)29)28(30,31)32/h2-7,12-15H,8-11H2,1H3,(H,34,38)(H,40,41). The second kappa shape index (κ2) is 11.2. The summed E-state index contributed by atoms with van der Waals surface area (Å²) >= 11 is 5.90. The van der Waals surface area contributed by atoms with E-state index in [1.807, 2.05) is 0 Å². The average Bonchev–Trinajstić information content (AvgIpc) is 3.28. The van der Waals surface area contributed by atoms with Crippen molar-refractivity contribution in [1.82, 2.24) is 19.4 Å². The van der Waals surface area contributed by atoms with Crippen molar-refractivity contribution in [2.75, 3.05) is 31.5 Å². The van der Waals surface area contributed by atoms with Gasteiger partial charge in [-0.3, -0.25) is 9.59 Å². The topological polar surface area (TPSA) is 117 Å². The van der Waals surface area contributed by atoms with Crippen molar-refractivity contribution in [2.45, 2.75) is 6.18 Å². The first kappa shape index (κ1) is 28.7. The summed E-state index contributed by atoms with van der Waals surface area (Å²) in [5.74, 6) is -0.245. The van der Waals surface area contributed by atoms with E-state index >= 15 is 0 Å². The van der Waals surface area contributed by atoms with Crippen molar-refractivity contribution in [3.05, 3.63) is 82.6 Å². The van der Waals surface area contributed by atoms with Crippen molar-refractivity contribution < 1.29 is 37.4 Å². The van der Waals surface area contributed by atoms with Crippen molar-refractivity contribution >= 4 is 46.1 Å². The van der Waals surface area contributed by atoms with Crippen LogP contribution in [0.15, 0.2) is 60.8 Å². The van der Waals surface area contributed by atoms with Gasteiger partial charge in [0.05, 0.1) is 33.6 Å². The lowest BCUT2D eigenvalue weighted by molar-refractivity contribution is -0.137. The molecule has 3 heterocycles. The minimum absolute atomic E-state index is 0.124. The van der Waals surface area contributed by atoms with E-state index in [0.29, 0.717) is 30.6 Å². The van der Waals surface area contributed by atoms with Gasteiger partial charge in [0.2, 0.25) is 5.88 Å². The third kappa shape index (κ3) is 5.96. The monoisotopic (exact) mass is 601 g/mol. The van der Waals surface area contributed by atoms with Crippen molar-refractivity contribution in [3.63, 3.8) is 0 Å². The number of piperazine rings is 1. The number of nitrogens with zero attached hydrogens (tertiary/aromatic N) is 4. The van der Waals surface area contributed by atoms with Crippen molar-refractivity contribution in [3.8, 4) is 11.6 Å². The summed E-state index contributed by atoms with van der Waals surface area (Å²) < 4.78 is 46.2. The SMILES string of the molecule is Cn1c(C(=O)N2CCN(C(=O)O)CC2)cc2ccc(Oc3ccc(NC(=O)c4ccc(C(F)(F)F)cc4Cl)cn3)cc21. The highest BCUT2D eigenvalue weighted by atomic mass is 35.5. The molecule has 5 rings (SSSR count). The Morgan fingerprint density at radius 1 is 0.976 bits per heavy atom. The first-order valence-electron chi connectivity index (χ1n) is 12.6. The fraction of sp³-hybridized carbons (Fsp3) is 0.214. The maximum Gasteiger partial charge on any atom is 0.416 e. The van der Waals surface area contributed by atoms with Crippen LogP contribution in [-0.4, -0.2) is 68.5 Å². The maximum absolute atomic E-state index is 13.1. The lowest BCUT2D eigenvalue weighted by Gasteiger charge is -2.33. The Kier molecular flexibility index (Phi) is 7.69. The number of fused-ring (bicyclic) bond motifs is 1. The zero-order valence-corrected chi connectivity index (χ0v) is 22.7. The predicted octanol–water partition coefficient (Wildman–Crippen LogP) is 5.73. The molecule has 0 radical (unpaired) electrons. The van der Waals surface area contributed by atoms with Gasteiger partial charge in [0.1, 0.15) is 11.4 Å². The van der Waals surface area contributed by atoms with E-state index in [4.69, 9.17) is 21.4 Å². The minimum atomic E-state index is -4.58. The molecule has 0 saturated carbocycles. The van der Waals surface area contributed by atoms with Gasteiger partial charge in [-0.2, -0.15) is 13.2 Å². The highest BCUT2D eigenvalue weighted by Gasteiger charge is 2.31. The number of aryl methyl sites for hydroxylation is 1. The van der Waals surface area contributed by atoms with Gasteiger partial charge in [-0.05, 0) is 42.5 Å². The van der Waals surface area contributed by atoms with Crippen LogP contribution >= 0.6 is 11.6 Å². The number of hydrogen-bond donors (Lipinski definition) is 2.